The van der Waals surface area contributed by atoms with Crippen LogP contribution in [-0.2, 0) is 19.1 Å². The summed E-state index contributed by atoms with van der Waals surface area (Å²) in [4.78, 5) is 39.6. The number of nitrogens with one attached hydrogen (secondary N) is 1. The molecule has 0 aromatic carbocycles. The zero-order valence-electron chi connectivity index (χ0n) is 14.1. The molecule has 2 amide bonds. The Morgan fingerprint density at radius 1 is 1.33 bits per heavy atom. The Morgan fingerprint density at radius 3 is 2.62 bits per heavy atom. The van der Waals surface area contributed by atoms with Crippen LogP contribution in [0.25, 0.3) is 0 Å². The lowest BCUT2D eigenvalue weighted by Crippen LogP contribution is -2.56. The molecule has 0 unspecified atom stereocenters. The van der Waals surface area contributed by atoms with Crippen LogP contribution in [-0.4, -0.2) is 41.4 Å². The van der Waals surface area contributed by atoms with Crippen LogP contribution in [0.5, 0.6) is 0 Å². The third-order valence-electron chi connectivity index (χ3n) is 5.11. The molecule has 0 bridgehead atoms. The van der Waals surface area contributed by atoms with Crippen molar-refractivity contribution in [2.75, 3.05) is 13.2 Å². The molecule has 7 nitrogen and oxygen atoms in total. The van der Waals surface area contributed by atoms with Crippen molar-refractivity contribution in [1.82, 2.24) is 10.2 Å². The second-order valence-electron chi connectivity index (χ2n) is 6.11. The van der Waals surface area contributed by atoms with Gasteiger partial charge in [-0.1, -0.05) is 6.92 Å². The Morgan fingerprint density at radius 2 is 2.08 bits per heavy atom. The van der Waals surface area contributed by atoms with E-state index in [0.29, 0.717) is 12.2 Å². The van der Waals surface area contributed by atoms with E-state index in [9.17, 15) is 14.4 Å². The number of nitrogens with zero attached hydrogens (tertiary/aromatic N) is 1. The van der Waals surface area contributed by atoms with Gasteiger partial charge < -0.3 is 9.15 Å². The Bertz CT molecular complexity index is 656. The van der Waals surface area contributed by atoms with Gasteiger partial charge in [-0.05, 0) is 32.4 Å². The van der Waals surface area contributed by atoms with Crippen LogP contribution in [0, 0.1) is 11.8 Å². The molecule has 0 aliphatic carbocycles. The van der Waals surface area contributed by atoms with Crippen LogP contribution < -0.4 is 5.32 Å². The van der Waals surface area contributed by atoms with Crippen molar-refractivity contribution in [3.8, 4) is 0 Å². The molecule has 130 valence electrons. The summed E-state index contributed by atoms with van der Waals surface area (Å²) in [6.07, 6.45) is 1.86. The number of ether oxygens (including phenoxy) is 1. The molecule has 2 aliphatic rings. The summed E-state index contributed by atoms with van der Waals surface area (Å²) < 4.78 is 10.7. The van der Waals surface area contributed by atoms with E-state index in [2.05, 4.69) is 5.32 Å². The predicted octanol–water partition coefficient (Wildman–Crippen LogP) is 1.26. The molecule has 3 rings (SSSR count). The third kappa shape index (κ3) is 2.11. The Kier molecular flexibility index (Phi) is 4.21. The summed E-state index contributed by atoms with van der Waals surface area (Å²) in [5.41, 5.74) is -1.21. The third-order valence-corrected chi connectivity index (χ3v) is 5.11. The van der Waals surface area contributed by atoms with Crippen LogP contribution in [0.15, 0.2) is 22.8 Å². The minimum Gasteiger partial charge on any atom is -0.468 e. The van der Waals surface area contributed by atoms with Gasteiger partial charge >= 0.3 is 5.97 Å². The second kappa shape index (κ2) is 6.05. The van der Waals surface area contributed by atoms with E-state index in [1.54, 1.807) is 26.0 Å². The molecule has 7 heteroatoms. The molecule has 0 spiro atoms. The number of carbonyl (C=O) groups is 3. The molecule has 2 saturated heterocycles. The molecule has 1 aromatic rings. The first-order valence-corrected chi connectivity index (χ1v) is 8.35. The van der Waals surface area contributed by atoms with Crippen molar-refractivity contribution >= 4 is 17.8 Å². The zero-order valence-corrected chi connectivity index (χ0v) is 14.1. The first kappa shape index (κ1) is 16.7. The average molecular weight is 334 g/mol. The van der Waals surface area contributed by atoms with Crippen molar-refractivity contribution in [1.29, 1.82) is 0 Å². The first-order valence-electron chi connectivity index (χ1n) is 8.35. The minimum atomic E-state index is -1.21. The molecule has 1 N–H and O–H groups in total. The van der Waals surface area contributed by atoms with Gasteiger partial charge in [0.15, 0.2) is 0 Å². The average Bonchev–Trinajstić information content (AvgIpc) is 3.25. The highest BCUT2D eigenvalue weighted by Crippen LogP contribution is 2.50. The molecule has 4 atom stereocenters. The molecule has 1 aromatic heterocycles. The van der Waals surface area contributed by atoms with E-state index >= 15 is 0 Å². The Labute approximate surface area is 140 Å². The van der Waals surface area contributed by atoms with Gasteiger partial charge in [0.2, 0.25) is 11.8 Å². The molecular weight excluding hydrogens is 312 g/mol. The molecular formula is C17H22N2O5. The lowest BCUT2D eigenvalue weighted by Gasteiger charge is -2.31. The summed E-state index contributed by atoms with van der Waals surface area (Å²) in [6, 6.07) is 2.95. The summed E-state index contributed by atoms with van der Waals surface area (Å²) in [7, 11) is 0. The predicted molar refractivity (Wildman–Crippen MR) is 83.6 cm³/mol. The summed E-state index contributed by atoms with van der Waals surface area (Å²) in [5.74, 6) is -1.96. The maximum Gasteiger partial charge on any atom is 0.327 e. The highest BCUT2D eigenvalue weighted by Gasteiger charge is 2.68. The highest BCUT2D eigenvalue weighted by atomic mass is 16.5. The molecule has 0 radical (unpaired) electrons. The normalized spacial score (nSPS) is 32.3. The molecule has 0 saturated carbocycles. The van der Waals surface area contributed by atoms with Gasteiger partial charge in [-0.2, -0.15) is 0 Å². The maximum absolute atomic E-state index is 12.9. The number of amides is 2. The van der Waals surface area contributed by atoms with E-state index in [4.69, 9.17) is 9.15 Å². The quantitative estimate of drug-likeness (QED) is 0.644. The van der Waals surface area contributed by atoms with Crippen LogP contribution in [0.3, 0.4) is 0 Å². The van der Waals surface area contributed by atoms with E-state index in [1.165, 1.54) is 11.2 Å². The number of hydrogen-bond acceptors (Lipinski definition) is 6. The van der Waals surface area contributed by atoms with Crippen molar-refractivity contribution in [3.63, 3.8) is 0 Å². The number of fused-ring (bicyclic) bond motifs is 1. The van der Waals surface area contributed by atoms with Crippen LogP contribution in [0.2, 0.25) is 0 Å². The topological polar surface area (TPSA) is 88.8 Å². The second-order valence-corrected chi connectivity index (χ2v) is 6.11. The van der Waals surface area contributed by atoms with Crippen LogP contribution in [0.1, 0.15) is 39.0 Å². The van der Waals surface area contributed by atoms with Gasteiger partial charge in [0.05, 0.1) is 30.7 Å². The number of furan rings is 1. The number of esters is 1. The minimum absolute atomic E-state index is 0.213. The fourth-order valence-corrected chi connectivity index (χ4v) is 4.00. The van der Waals surface area contributed by atoms with Crippen molar-refractivity contribution in [3.05, 3.63) is 24.2 Å². The van der Waals surface area contributed by atoms with E-state index in [0.717, 1.165) is 0 Å². The SMILES string of the molecule is CCOC(=O)[C@@]1(CC)N[C@@H](c2ccco2)[C@H]2C(=O)N(CC)C(=O)[C@H]21. The van der Waals surface area contributed by atoms with Gasteiger partial charge in [0.25, 0.3) is 0 Å². The van der Waals surface area contributed by atoms with Gasteiger partial charge in [-0.3, -0.25) is 24.6 Å². The van der Waals surface area contributed by atoms with E-state index < -0.39 is 29.4 Å². The molecule has 2 fully saturated rings. The van der Waals surface area contributed by atoms with Gasteiger partial charge in [0, 0.05) is 6.54 Å². The number of likely N-dealkylation sites (tertiary alicyclic amines) is 1. The van der Waals surface area contributed by atoms with Crippen molar-refractivity contribution < 1.29 is 23.5 Å². The van der Waals surface area contributed by atoms with Crippen molar-refractivity contribution in [2.24, 2.45) is 11.8 Å². The van der Waals surface area contributed by atoms with Crippen LogP contribution in [0.4, 0.5) is 0 Å². The highest BCUT2D eigenvalue weighted by molar-refractivity contribution is 6.09. The summed E-state index contributed by atoms with van der Waals surface area (Å²) in [5, 5.41) is 3.21. The lowest BCUT2D eigenvalue weighted by molar-refractivity contribution is -0.156. The van der Waals surface area contributed by atoms with Gasteiger partial charge in [0.1, 0.15) is 11.3 Å². The largest absolute Gasteiger partial charge is 0.468 e. The number of rotatable bonds is 5. The molecule has 3 heterocycles. The van der Waals surface area contributed by atoms with E-state index in [1.807, 2.05) is 6.92 Å². The lowest BCUT2D eigenvalue weighted by atomic mass is 9.78. The van der Waals surface area contributed by atoms with Gasteiger partial charge in [-0.15, -0.1) is 0 Å². The van der Waals surface area contributed by atoms with Crippen molar-refractivity contribution in [2.45, 2.75) is 38.8 Å². The Balaban J connectivity index is 2.10. The number of hydrogen-bond donors (Lipinski definition) is 1. The van der Waals surface area contributed by atoms with E-state index in [-0.39, 0.29) is 25.0 Å². The fraction of sp³-hybridized carbons (Fsp3) is 0.588. The summed E-state index contributed by atoms with van der Waals surface area (Å²) >= 11 is 0. The first-order chi connectivity index (χ1) is 11.5. The zero-order chi connectivity index (χ0) is 17.5. The molecule has 24 heavy (non-hydrogen) atoms. The summed E-state index contributed by atoms with van der Waals surface area (Å²) in [6.45, 7) is 5.79. The van der Waals surface area contributed by atoms with Crippen LogP contribution >= 0.6 is 0 Å². The smallest absolute Gasteiger partial charge is 0.327 e. The standard InChI is InChI=1S/C17H22N2O5/c1-4-17(16(22)23-6-3)12-11(14(20)19(5-2)15(12)21)13(18-17)10-8-7-9-24-10/h7-9,11-13,18H,4-6H2,1-3H3/t11-,12-,13-,17-/m0/s1. The Hall–Kier alpha value is -2.15. The molecule has 2 aliphatic heterocycles. The number of imide groups is 1. The maximum atomic E-state index is 12.9. The van der Waals surface area contributed by atoms with Gasteiger partial charge in [-0.25, -0.2) is 0 Å². The number of carbonyl (C=O) groups excluding carboxylic acids is 3. The fourth-order valence-electron chi connectivity index (χ4n) is 4.00. The monoisotopic (exact) mass is 334 g/mol.